The van der Waals surface area contributed by atoms with Gasteiger partial charge in [-0.1, -0.05) is 30.4 Å². The molecule has 0 aliphatic carbocycles. The fourth-order valence-corrected chi connectivity index (χ4v) is 2.98. The highest BCUT2D eigenvalue weighted by Gasteiger charge is 2.20. The number of hydrogen-bond acceptors (Lipinski definition) is 4. The van der Waals surface area contributed by atoms with Gasteiger partial charge in [0.05, 0.1) is 4.90 Å². The predicted molar refractivity (Wildman–Crippen MR) is 80.7 cm³/mol. The molecule has 0 fully saturated rings. The Morgan fingerprint density at radius 3 is 2.53 bits per heavy atom. The number of hydrogen-bond donors (Lipinski definition) is 2. The molecule has 0 bridgehead atoms. The minimum atomic E-state index is -3.61. The Morgan fingerprint density at radius 2 is 2.00 bits per heavy atom. The van der Waals surface area contributed by atoms with Crippen molar-refractivity contribution >= 4 is 27.2 Å². The first-order chi connectivity index (χ1) is 8.75. The lowest BCUT2D eigenvalue weighted by Crippen LogP contribution is -2.38. The van der Waals surface area contributed by atoms with E-state index in [0.717, 1.165) is 0 Å². The first kappa shape index (κ1) is 16.0. The molecule has 0 aliphatic heterocycles. The van der Waals surface area contributed by atoms with Crippen molar-refractivity contribution in [3.05, 3.63) is 29.8 Å². The Hall–Kier alpha value is -1.02. The summed E-state index contributed by atoms with van der Waals surface area (Å²) < 4.78 is 27.0. The molecule has 0 heterocycles. The molecule has 0 radical (unpaired) electrons. The van der Waals surface area contributed by atoms with Crippen LogP contribution in [-0.4, -0.2) is 45.0 Å². The summed E-state index contributed by atoms with van der Waals surface area (Å²) in [5.41, 5.74) is 5.91. The molecule has 1 unspecified atom stereocenters. The lowest BCUT2D eigenvalue weighted by atomic mass is 10.2. The highest BCUT2D eigenvalue weighted by molar-refractivity contribution is 7.89. The number of thiocarbonyl (C=S) groups is 1. The number of benzene rings is 1. The van der Waals surface area contributed by atoms with Crippen molar-refractivity contribution in [2.24, 2.45) is 5.73 Å². The average Bonchev–Trinajstić information content (AvgIpc) is 2.35. The smallest absolute Gasteiger partial charge is 0.241 e. The average molecular weight is 301 g/mol. The second-order valence-corrected chi connectivity index (χ2v) is 6.70. The van der Waals surface area contributed by atoms with Crippen LogP contribution in [0.25, 0.3) is 0 Å². The van der Waals surface area contributed by atoms with E-state index in [0.29, 0.717) is 12.1 Å². The Kier molecular flexibility index (Phi) is 5.42. The Morgan fingerprint density at radius 1 is 1.42 bits per heavy atom. The van der Waals surface area contributed by atoms with Crippen LogP contribution in [0.5, 0.6) is 0 Å². The summed E-state index contributed by atoms with van der Waals surface area (Å²) in [7, 11) is 0.173. The lowest BCUT2D eigenvalue weighted by molar-refractivity contribution is 0.314. The second-order valence-electron chi connectivity index (χ2n) is 4.52. The first-order valence-corrected chi connectivity index (χ1v) is 7.69. The molecule has 7 heteroatoms. The van der Waals surface area contributed by atoms with Crippen LogP contribution in [0.1, 0.15) is 12.5 Å². The van der Waals surface area contributed by atoms with E-state index in [2.05, 4.69) is 4.72 Å². The van der Waals surface area contributed by atoms with Crippen molar-refractivity contribution in [3.8, 4) is 0 Å². The highest BCUT2D eigenvalue weighted by atomic mass is 32.2. The van der Waals surface area contributed by atoms with Crippen molar-refractivity contribution in [1.29, 1.82) is 0 Å². The van der Waals surface area contributed by atoms with Gasteiger partial charge in [-0.15, -0.1) is 0 Å². The molecule has 0 spiro atoms. The van der Waals surface area contributed by atoms with E-state index in [-0.39, 0.29) is 15.9 Å². The van der Waals surface area contributed by atoms with E-state index in [1.807, 2.05) is 25.9 Å². The number of nitrogens with one attached hydrogen (secondary N) is 1. The van der Waals surface area contributed by atoms with Crippen LogP contribution in [0.2, 0.25) is 0 Å². The van der Waals surface area contributed by atoms with Gasteiger partial charge in [-0.2, -0.15) is 0 Å². The largest absolute Gasteiger partial charge is 0.389 e. The highest BCUT2D eigenvalue weighted by Crippen LogP contribution is 2.15. The molecule has 1 aromatic rings. The summed E-state index contributed by atoms with van der Waals surface area (Å²) in [4.78, 5) is 2.12. The summed E-state index contributed by atoms with van der Waals surface area (Å²) in [6.45, 7) is 2.25. The van der Waals surface area contributed by atoms with Crippen LogP contribution in [-0.2, 0) is 10.0 Å². The molecule has 5 nitrogen and oxygen atoms in total. The SMILES string of the molecule is CC(CNS(=O)(=O)c1ccccc1C(N)=S)N(C)C. The molecule has 19 heavy (non-hydrogen) atoms. The minimum Gasteiger partial charge on any atom is -0.389 e. The van der Waals surface area contributed by atoms with Crippen molar-refractivity contribution in [2.75, 3.05) is 20.6 Å². The molecule has 3 N–H and O–H groups in total. The van der Waals surface area contributed by atoms with Gasteiger partial charge >= 0.3 is 0 Å². The number of rotatable bonds is 6. The van der Waals surface area contributed by atoms with Gasteiger partial charge in [0.15, 0.2) is 0 Å². The normalized spacial score (nSPS) is 13.5. The molecule has 1 aromatic carbocycles. The molecular formula is C12H19N3O2S2. The predicted octanol–water partition coefficient (Wildman–Crippen LogP) is 0.549. The van der Waals surface area contributed by atoms with Gasteiger partial charge in [-0.25, -0.2) is 13.1 Å². The van der Waals surface area contributed by atoms with Crippen LogP contribution in [0, 0.1) is 0 Å². The molecule has 0 amide bonds. The van der Waals surface area contributed by atoms with Crippen molar-refractivity contribution < 1.29 is 8.42 Å². The molecule has 1 atom stereocenters. The number of nitrogens with two attached hydrogens (primary N) is 1. The lowest BCUT2D eigenvalue weighted by Gasteiger charge is -2.20. The Balaban J connectivity index is 2.98. The van der Waals surface area contributed by atoms with Gasteiger partial charge in [0.1, 0.15) is 4.99 Å². The Labute approximate surface area is 119 Å². The van der Waals surface area contributed by atoms with Gasteiger partial charge in [0, 0.05) is 18.2 Å². The third-order valence-electron chi connectivity index (χ3n) is 2.89. The fraction of sp³-hybridized carbons (Fsp3) is 0.417. The van der Waals surface area contributed by atoms with Crippen LogP contribution >= 0.6 is 12.2 Å². The summed E-state index contributed by atoms with van der Waals surface area (Å²) in [5, 5.41) is 0. The number of likely N-dealkylation sites (N-methyl/N-ethyl adjacent to an activating group) is 1. The first-order valence-electron chi connectivity index (χ1n) is 5.80. The van der Waals surface area contributed by atoms with E-state index in [4.69, 9.17) is 18.0 Å². The summed E-state index contributed by atoms with van der Waals surface area (Å²) >= 11 is 4.87. The van der Waals surface area contributed by atoms with Crippen LogP contribution in [0.4, 0.5) is 0 Å². The van der Waals surface area contributed by atoms with Gasteiger partial charge in [-0.3, -0.25) is 0 Å². The van der Waals surface area contributed by atoms with Crippen molar-refractivity contribution in [1.82, 2.24) is 9.62 Å². The maximum atomic E-state index is 12.2. The van der Waals surface area contributed by atoms with E-state index in [1.54, 1.807) is 18.2 Å². The van der Waals surface area contributed by atoms with Gasteiger partial charge in [-0.05, 0) is 27.1 Å². The second kappa shape index (κ2) is 6.42. The zero-order valence-electron chi connectivity index (χ0n) is 11.3. The summed E-state index contributed by atoms with van der Waals surface area (Å²) in [6.07, 6.45) is 0. The van der Waals surface area contributed by atoms with Crippen LogP contribution in [0.3, 0.4) is 0 Å². The van der Waals surface area contributed by atoms with E-state index >= 15 is 0 Å². The van der Waals surface area contributed by atoms with Gasteiger partial charge < -0.3 is 10.6 Å². The summed E-state index contributed by atoms with van der Waals surface area (Å²) in [5.74, 6) is 0. The van der Waals surface area contributed by atoms with E-state index in [1.165, 1.54) is 6.07 Å². The van der Waals surface area contributed by atoms with E-state index < -0.39 is 10.0 Å². The molecule has 106 valence electrons. The molecular weight excluding hydrogens is 282 g/mol. The molecule has 1 rings (SSSR count). The molecule has 0 aliphatic rings. The van der Waals surface area contributed by atoms with E-state index in [9.17, 15) is 8.42 Å². The standard InChI is InChI=1S/C12H19N3O2S2/c1-9(15(2)3)8-14-19(16,17)11-7-5-4-6-10(11)12(13)18/h4-7,9,14H,8H2,1-3H3,(H2,13,18). The van der Waals surface area contributed by atoms with Crippen LogP contribution < -0.4 is 10.5 Å². The van der Waals surface area contributed by atoms with Crippen molar-refractivity contribution in [2.45, 2.75) is 17.9 Å². The zero-order chi connectivity index (χ0) is 14.6. The maximum absolute atomic E-state index is 12.2. The van der Waals surface area contributed by atoms with Crippen LogP contribution in [0.15, 0.2) is 29.2 Å². The quantitative estimate of drug-likeness (QED) is 0.751. The number of nitrogens with zero attached hydrogens (tertiary/aromatic N) is 1. The third kappa shape index (κ3) is 4.24. The van der Waals surface area contributed by atoms with Gasteiger partial charge in [0.2, 0.25) is 10.0 Å². The third-order valence-corrected chi connectivity index (χ3v) is 4.59. The molecule has 0 saturated carbocycles. The fourth-order valence-electron chi connectivity index (χ4n) is 1.40. The molecule has 0 saturated heterocycles. The Bertz CT molecular complexity index is 556. The van der Waals surface area contributed by atoms with Crippen molar-refractivity contribution in [3.63, 3.8) is 0 Å². The zero-order valence-corrected chi connectivity index (χ0v) is 12.9. The monoisotopic (exact) mass is 301 g/mol. The number of sulfonamides is 1. The topological polar surface area (TPSA) is 75.4 Å². The molecule has 0 aromatic heterocycles. The maximum Gasteiger partial charge on any atom is 0.241 e. The minimum absolute atomic E-state index is 0.0710. The summed E-state index contributed by atoms with van der Waals surface area (Å²) in [6, 6.07) is 6.54. The van der Waals surface area contributed by atoms with Gasteiger partial charge in [0.25, 0.3) is 0 Å².